The molecule has 0 bridgehead atoms. The fraction of sp³-hybridized carbons (Fsp3) is 0.462. The number of piperazine rings is 1. The molecule has 1 aromatic heterocycles. The van der Waals surface area contributed by atoms with Crippen LogP contribution in [0.2, 0.25) is 10.0 Å². The summed E-state index contributed by atoms with van der Waals surface area (Å²) >= 11 is 13.4. The molecule has 12 heteroatoms. The number of halogens is 3. The summed E-state index contributed by atoms with van der Waals surface area (Å²) in [5, 5.41) is 4.91. The Morgan fingerprint density at radius 1 is 1.00 bits per heavy atom. The zero-order valence-electron chi connectivity index (χ0n) is 21.0. The minimum atomic E-state index is -1.15. The fourth-order valence-corrected chi connectivity index (χ4v) is 5.64. The number of aromatic nitrogens is 2. The molecule has 202 valence electrons. The van der Waals surface area contributed by atoms with Crippen LogP contribution in [0.5, 0.6) is 11.5 Å². The number of methoxy groups -OCH3 is 1. The number of hydrogen-bond donors (Lipinski definition) is 1. The van der Waals surface area contributed by atoms with E-state index in [1.807, 2.05) is 12.1 Å². The zero-order valence-corrected chi connectivity index (χ0v) is 22.5. The second-order valence-electron chi connectivity index (χ2n) is 9.69. The first-order valence-corrected chi connectivity index (χ1v) is 13.2. The molecule has 3 aliphatic rings. The Labute approximate surface area is 229 Å². The van der Waals surface area contributed by atoms with Gasteiger partial charge in [0.25, 0.3) is 0 Å². The second kappa shape index (κ2) is 10.5. The number of anilines is 3. The highest BCUT2D eigenvalue weighted by atomic mass is 35.5. The van der Waals surface area contributed by atoms with Crippen LogP contribution < -0.4 is 19.7 Å². The lowest BCUT2D eigenvalue weighted by Gasteiger charge is -2.34. The normalized spacial score (nSPS) is 25.6. The van der Waals surface area contributed by atoms with Gasteiger partial charge in [-0.2, -0.15) is 0 Å². The monoisotopic (exact) mass is 563 g/mol. The molecule has 3 fully saturated rings. The number of benzene rings is 2. The quantitative estimate of drug-likeness (QED) is 0.471. The Kier molecular flexibility index (Phi) is 7.09. The third-order valence-electron chi connectivity index (χ3n) is 7.31. The van der Waals surface area contributed by atoms with Crippen LogP contribution >= 0.6 is 23.2 Å². The maximum Gasteiger partial charge on any atom is 0.164 e. The molecule has 3 saturated heterocycles. The molecule has 6 rings (SSSR count). The van der Waals surface area contributed by atoms with Gasteiger partial charge in [-0.3, -0.25) is 0 Å². The number of likely N-dealkylation sites (N-methyl/N-ethyl adjacent to an activating group) is 1. The summed E-state index contributed by atoms with van der Waals surface area (Å²) in [5.74, 6) is 1.47. The van der Waals surface area contributed by atoms with Gasteiger partial charge in [0.15, 0.2) is 23.8 Å². The highest BCUT2D eigenvalue weighted by Crippen LogP contribution is 2.41. The number of nitrogens with one attached hydrogen (secondary N) is 1. The van der Waals surface area contributed by atoms with E-state index in [1.165, 1.54) is 6.33 Å². The molecule has 0 radical (unpaired) electrons. The van der Waals surface area contributed by atoms with E-state index < -0.39 is 24.5 Å². The molecule has 0 amide bonds. The smallest absolute Gasteiger partial charge is 0.164 e. The minimum absolute atomic E-state index is 0.00916. The summed E-state index contributed by atoms with van der Waals surface area (Å²) in [6, 6.07) is 7.44. The van der Waals surface area contributed by atoms with Gasteiger partial charge in [0.2, 0.25) is 0 Å². The first kappa shape index (κ1) is 25.6. The molecule has 9 nitrogen and oxygen atoms in total. The summed E-state index contributed by atoms with van der Waals surface area (Å²) in [7, 11) is 3.66. The summed E-state index contributed by atoms with van der Waals surface area (Å²) in [5.41, 5.74) is 2.16. The van der Waals surface area contributed by atoms with Gasteiger partial charge in [-0.15, -0.1) is 0 Å². The zero-order chi connectivity index (χ0) is 26.4. The van der Waals surface area contributed by atoms with Crippen molar-refractivity contribution in [3.63, 3.8) is 0 Å². The van der Waals surface area contributed by atoms with E-state index in [4.69, 9.17) is 42.1 Å². The number of hydrogen-bond acceptors (Lipinski definition) is 9. The Morgan fingerprint density at radius 3 is 2.58 bits per heavy atom. The van der Waals surface area contributed by atoms with Crippen LogP contribution in [0, 0.1) is 0 Å². The predicted octanol–water partition coefficient (Wildman–Crippen LogP) is 4.32. The van der Waals surface area contributed by atoms with Crippen molar-refractivity contribution in [3.8, 4) is 11.5 Å². The number of ether oxygens (including phenoxy) is 4. The standard InChI is InChI=1S/C26H28Cl2FN5O4/c1-33-5-7-34(8-6-33)18-4-3-16(22(27)23(18)28)32-26-14-9-19(35-2)20(10-17(14)30-13-31-26)38-21-12-37-24-15(29)11-36-25(21)24/h3-4,9-10,13,15,21,24-25H,5-8,11-12H2,1-2H3,(H,30,31,32)/t15-,21-,24+,25+/m1/s1. The summed E-state index contributed by atoms with van der Waals surface area (Å²) in [6.45, 7) is 3.94. The SMILES string of the molecule is COc1cc2c(Nc3ccc(N4CCN(C)CC4)c(Cl)c3Cl)ncnc2cc1O[C@@H]1CO[C@@H]2[C@H]1OC[C@H]2F. The lowest BCUT2D eigenvalue weighted by atomic mass is 10.1. The molecule has 38 heavy (non-hydrogen) atoms. The summed E-state index contributed by atoms with van der Waals surface area (Å²) in [4.78, 5) is 13.4. The molecular weight excluding hydrogens is 536 g/mol. The Balaban J connectivity index is 1.26. The molecule has 0 aliphatic carbocycles. The fourth-order valence-electron chi connectivity index (χ4n) is 5.15. The van der Waals surface area contributed by atoms with Gasteiger partial charge in [0.05, 0.1) is 47.3 Å². The van der Waals surface area contributed by atoms with Gasteiger partial charge in [0, 0.05) is 37.6 Å². The molecular formula is C26H28Cl2FN5O4. The highest BCUT2D eigenvalue weighted by Gasteiger charge is 2.49. The predicted molar refractivity (Wildman–Crippen MR) is 144 cm³/mol. The molecule has 0 unspecified atom stereocenters. The Morgan fingerprint density at radius 2 is 1.79 bits per heavy atom. The van der Waals surface area contributed by atoms with Crippen LogP contribution in [-0.4, -0.2) is 92.9 Å². The number of alkyl halides is 1. The van der Waals surface area contributed by atoms with E-state index in [9.17, 15) is 4.39 Å². The maximum absolute atomic E-state index is 14.0. The van der Waals surface area contributed by atoms with Crippen molar-refractivity contribution >= 4 is 51.3 Å². The third-order valence-corrected chi connectivity index (χ3v) is 8.18. The van der Waals surface area contributed by atoms with E-state index in [0.29, 0.717) is 44.0 Å². The first-order chi connectivity index (χ1) is 18.4. The van der Waals surface area contributed by atoms with Crippen molar-refractivity contribution in [2.75, 3.05) is 63.8 Å². The van der Waals surface area contributed by atoms with E-state index in [0.717, 1.165) is 31.9 Å². The molecule has 0 spiro atoms. The first-order valence-electron chi connectivity index (χ1n) is 12.5. The van der Waals surface area contributed by atoms with Crippen molar-refractivity contribution in [3.05, 3.63) is 40.6 Å². The molecule has 2 aromatic carbocycles. The van der Waals surface area contributed by atoms with Crippen LogP contribution in [0.1, 0.15) is 0 Å². The Hall–Kier alpha value is -2.63. The van der Waals surface area contributed by atoms with Crippen molar-refractivity contribution in [2.24, 2.45) is 0 Å². The van der Waals surface area contributed by atoms with Gasteiger partial charge in [0.1, 0.15) is 24.4 Å². The maximum atomic E-state index is 14.0. The van der Waals surface area contributed by atoms with Gasteiger partial charge < -0.3 is 34.1 Å². The van der Waals surface area contributed by atoms with Gasteiger partial charge in [-0.05, 0) is 25.2 Å². The van der Waals surface area contributed by atoms with Crippen molar-refractivity contribution in [1.82, 2.24) is 14.9 Å². The van der Waals surface area contributed by atoms with Crippen LogP contribution in [0.4, 0.5) is 21.6 Å². The van der Waals surface area contributed by atoms with Gasteiger partial charge in [-0.25, -0.2) is 14.4 Å². The summed E-state index contributed by atoms with van der Waals surface area (Å²) < 4.78 is 36.9. The lowest BCUT2D eigenvalue weighted by molar-refractivity contribution is 0.0271. The molecule has 3 aliphatic heterocycles. The van der Waals surface area contributed by atoms with Gasteiger partial charge in [-0.1, -0.05) is 23.2 Å². The van der Waals surface area contributed by atoms with Crippen molar-refractivity contribution in [2.45, 2.75) is 24.5 Å². The molecule has 1 N–H and O–H groups in total. The number of nitrogens with zero attached hydrogens (tertiary/aromatic N) is 4. The molecule has 4 atom stereocenters. The number of fused-ring (bicyclic) bond motifs is 2. The highest BCUT2D eigenvalue weighted by molar-refractivity contribution is 6.45. The van der Waals surface area contributed by atoms with Crippen molar-refractivity contribution in [1.29, 1.82) is 0 Å². The van der Waals surface area contributed by atoms with Crippen LogP contribution in [0.3, 0.4) is 0 Å². The number of rotatable bonds is 6. The molecule has 4 heterocycles. The average molecular weight is 564 g/mol. The van der Waals surface area contributed by atoms with E-state index in [1.54, 1.807) is 19.2 Å². The largest absolute Gasteiger partial charge is 0.493 e. The van der Waals surface area contributed by atoms with E-state index in [-0.39, 0.29) is 13.2 Å². The van der Waals surface area contributed by atoms with Crippen LogP contribution in [0.15, 0.2) is 30.6 Å². The second-order valence-corrected chi connectivity index (χ2v) is 10.4. The lowest BCUT2D eigenvalue weighted by Crippen LogP contribution is -2.44. The minimum Gasteiger partial charge on any atom is -0.493 e. The van der Waals surface area contributed by atoms with Crippen LogP contribution in [0.25, 0.3) is 10.9 Å². The third kappa shape index (κ3) is 4.69. The molecule has 3 aromatic rings. The van der Waals surface area contributed by atoms with Crippen molar-refractivity contribution < 1.29 is 23.3 Å². The van der Waals surface area contributed by atoms with E-state index in [2.05, 4.69) is 32.1 Å². The summed E-state index contributed by atoms with van der Waals surface area (Å²) in [6.07, 6.45) is -1.22. The average Bonchev–Trinajstić information content (AvgIpc) is 3.50. The topological polar surface area (TPSA) is 81.2 Å². The Bertz CT molecular complexity index is 1340. The van der Waals surface area contributed by atoms with Gasteiger partial charge >= 0.3 is 0 Å². The molecule has 0 saturated carbocycles. The van der Waals surface area contributed by atoms with E-state index >= 15 is 0 Å². The van der Waals surface area contributed by atoms with Crippen LogP contribution in [-0.2, 0) is 9.47 Å².